The summed E-state index contributed by atoms with van der Waals surface area (Å²) in [6.07, 6.45) is -1.04. The van der Waals surface area contributed by atoms with Crippen molar-refractivity contribution >= 4 is 34.3 Å². The lowest BCUT2D eigenvalue weighted by Gasteiger charge is -2.15. The van der Waals surface area contributed by atoms with Crippen LogP contribution in [0.4, 0.5) is 23.3 Å². The molecule has 2 atom stereocenters. The average Bonchev–Trinajstić information content (AvgIpc) is 3.00. The van der Waals surface area contributed by atoms with Gasteiger partial charge in [0.15, 0.2) is 5.82 Å². The quantitative estimate of drug-likeness (QED) is 0.433. The predicted octanol–water partition coefficient (Wildman–Crippen LogP) is 3.28. The van der Waals surface area contributed by atoms with E-state index in [2.05, 4.69) is 30.8 Å². The van der Waals surface area contributed by atoms with Gasteiger partial charge in [-0.05, 0) is 44.5 Å². The number of imidazole rings is 1. The summed E-state index contributed by atoms with van der Waals surface area (Å²) >= 11 is 0. The van der Waals surface area contributed by atoms with Crippen LogP contribution in [0.1, 0.15) is 19.4 Å². The summed E-state index contributed by atoms with van der Waals surface area (Å²) in [6, 6.07) is 9.64. The van der Waals surface area contributed by atoms with Crippen LogP contribution in [0.25, 0.3) is 11.0 Å². The van der Waals surface area contributed by atoms with Crippen LogP contribution in [0, 0.1) is 6.92 Å². The number of pyridine rings is 1. The van der Waals surface area contributed by atoms with Crippen molar-refractivity contribution in [3.05, 3.63) is 35.9 Å². The molecule has 0 saturated carbocycles. The number of nitrogens with zero attached hydrogens (tertiary/aromatic N) is 5. The largest absolute Gasteiger partial charge is 0.392 e. The summed E-state index contributed by atoms with van der Waals surface area (Å²) in [5.41, 5.74) is 3.24. The molecule has 0 spiro atoms. The molecule has 154 valence electrons. The van der Waals surface area contributed by atoms with Gasteiger partial charge in [-0.1, -0.05) is 12.1 Å². The van der Waals surface area contributed by atoms with Crippen molar-refractivity contribution in [1.29, 1.82) is 0 Å². The Hall–Kier alpha value is -3.04. The van der Waals surface area contributed by atoms with Crippen LogP contribution in [0.5, 0.6) is 0 Å². The predicted molar refractivity (Wildman–Crippen MR) is 114 cm³/mol. The van der Waals surface area contributed by atoms with Crippen molar-refractivity contribution in [3.8, 4) is 0 Å². The van der Waals surface area contributed by atoms with Crippen LogP contribution in [-0.4, -0.2) is 50.0 Å². The first kappa shape index (κ1) is 20.7. The molecule has 0 aliphatic heterocycles. The number of hydrogen-bond donors (Lipinski definition) is 4. The van der Waals surface area contributed by atoms with Crippen LogP contribution in [0.3, 0.4) is 0 Å². The Bertz CT molecular complexity index is 1010. The molecule has 4 N–H and O–H groups in total. The van der Waals surface area contributed by atoms with Gasteiger partial charge in [-0.15, -0.1) is 10.2 Å². The molecule has 2 unspecified atom stereocenters. The van der Waals surface area contributed by atoms with Gasteiger partial charge in [0.1, 0.15) is 11.5 Å². The number of nitrogens with one attached hydrogen (secondary N) is 2. The van der Waals surface area contributed by atoms with Gasteiger partial charge in [-0.2, -0.15) is 0 Å². The smallest absolute Gasteiger partial charge is 0.250 e. The Morgan fingerprint density at radius 1 is 1.03 bits per heavy atom. The molecule has 9 heteroatoms. The summed E-state index contributed by atoms with van der Waals surface area (Å²) in [5, 5.41) is 34.1. The minimum atomic E-state index is -0.546. The van der Waals surface area contributed by atoms with Crippen molar-refractivity contribution in [2.24, 2.45) is 17.3 Å². The van der Waals surface area contributed by atoms with Crippen molar-refractivity contribution in [1.82, 2.24) is 14.5 Å². The number of rotatable bonds is 8. The molecular formula is C20H27N7O2. The van der Waals surface area contributed by atoms with Crippen LogP contribution >= 0.6 is 0 Å². The number of azo groups is 1. The third kappa shape index (κ3) is 5.07. The van der Waals surface area contributed by atoms with Crippen LogP contribution in [0.15, 0.2) is 40.6 Å². The summed E-state index contributed by atoms with van der Waals surface area (Å²) in [7, 11) is 1.89. The van der Waals surface area contributed by atoms with E-state index < -0.39 is 12.2 Å². The normalized spacial score (nSPS) is 13.7. The molecule has 0 bridgehead atoms. The first-order chi connectivity index (χ1) is 13.8. The Morgan fingerprint density at radius 2 is 1.72 bits per heavy atom. The van der Waals surface area contributed by atoms with E-state index in [1.165, 1.54) is 0 Å². The van der Waals surface area contributed by atoms with Gasteiger partial charge in [0.25, 0.3) is 0 Å². The van der Waals surface area contributed by atoms with Gasteiger partial charge in [-0.25, -0.2) is 9.97 Å². The summed E-state index contributed by atoms with van der Waals surface area (Å²) < 4.78 is 1.88. The number of para-hydroxylation sites is 2. The first-order valence-corrected chi connectivity index (χ1v) is 9.54. The molecule has 1 aromatic carbocycles. The number of aromatic nitrogens is 3. The molecule has 2 heterocycles. The van der Waals surface area contributed by atoms with E-state index in [0.717, 1.165) is 16.6 Å². The number of hydrogen-bond acceptors (Lipinski definition) is 8. The number of aryl methyl sites for hydroxylation is 2. The molecule has 0 fully saturated rings. The number of aliphatic hydroxyl groups is 2. The first-order valence-electron chi connectivity index (χ1n) is 9.54. The Balaban J connectivity index is 1.94. The Morgan fingerprint density at radius 3 is 2.41 bits per heavy atom. The molecule has 0 radical (unpaired) electrons. The van der Waals surface area contributed by atoms with Gasteiger partial charge in [-0.3, -0.25) is 0 Å². The van der Waals surface area contributed by atoms with Gasteiger partial charge >= 0.3 is 0 Å². The molecule has 0 amide bonds. The maximum Gasteiger partial charge on any atom is 0.250 e. The topological polar surface area (TPSA) is 120 Å². The van der Waals surface area contributed by atoms with E-state index in [1.54, 1.807) is 13.8 Å². The number of fused-ring (bicyclic) bond motifs is 1. The summed E-state index contributed by atoms with van der Waals surface area (Å²) in [6.45, 7) is 6.00. The molecular weight excluding hydrogens is 370 g/mol. The van der Waals surface area contributed by atoms with Crippen molar-refractivity contribution < 1.29 is 10.2 Å². The highest BCUT2D eigenvalue weighted by atomic mass is 16.3. The zero-order valence-electron chi connectivity index (χ0n) is 17.1. The van der Waals surface area contributed by atoms with E-state index >= 15 is 0 Å². The Labute approximate surface area is 169 Å². The van der Waals surface area contributed by atoms with E-state index in [0.29, 0.717) is 36.4 Å². The molecule has 3 aromatic rings. The fourth-order valence-electron chi connectivity index (χ4n) is 2.82. The standard InChI is InChI=1S/C20H27N7O2/c1-12-9-17(21-10-13(2)28)24-19(22-11-14(3)29)18(12)25-26-20-23-15-7-5-6-8-16(15)27(20)4/h5-9,13-14,28-29H,10-11H2,1-4H3,(H2,21,22,24). The van der Waals surface area contributed by atoms with E-state index in [-0.39, 0.29) is 0 Å². The van der Waals surface area contributed by atoms with E-state index in [4.69, 9.17) is 0 Å². The second-order valence-electron chi connectivity index (χ2n) is 7.14. The zero-order chi connectivity index (χ0) is 21.0. The maximum atomic E-state index is 9.64. The molecule has 3 rings (SSSR count). The molecule has 0 aliphatic carbocycles. The fourth-order valence-corrected chi connectivity index (χ4v) is 2.82. The lowest BCUT2D eigenvalue weighted by Crippen LogP contribution is -2.18. The SMILES string of the molecule is Cc1cc(NCC(C)O)nc(NCC(C)O)c1N=Nc1nc2ccccc2n1C. The number of aliphatic hydroxyl groups excluding tert-OH is 2. The third-order valence-electron chi connectivity index (χ3n) is 4.33. The third-order valence-corrected chi connectivity index (χ3v) is 4.33. The minimum Gasteiger partial charge on any atom is -0.392 e. The Kier molecular flexibility index (Phi) is 6.40. The molecule has 0 aliphatic rings. The van der Waals surface area contributed by atoms with Crippen molar-refractivity contribution in [2.45, 2.75) is 33.0 Å². The minimum absolute atomic E-state index is 0.321. The molecule has 0 saturated heterocycles. The van der Waals surface area contributed by atoms with Gasteiger partial charge in [0.2, 0.25) is 5.95 Å². The lowest BCUT2D eigenvalue weighted by atomic mass is 10.2. The molecule has 2 aromatic heterocycles. The van der Waals surface area contributed by atoms with E-state index in [1.807, 2.05) is 48.9 Å². The average molecular weight is 397 g/mol. The molecule has 29 heavy (non-hydrogen) atoms. The number of benzene rings is 1. The van der Waals surface area contributed by atoms with E-state index in [9.17, 15) is 10.2 Å². The van der Waals surface area contributed by atoms with Crippen molar-refractivity contribution in [3.63, 3.8) is 0 Å². The van der Waals surface area contributed by atoms with Gasteiger partial charge < -0.3 is 25.4 Å². The maximum absolute atomic E-state index is 9.64. The summed E-state index contributed by atoms with van der Waals surface area (Å²) in [5.74, 6) is 1.60. The van der Waals surface area contributed by atoms with Crippen LogP contribution in [0.2, 0.25) is 0 Å². The van der Waals surface area contributed by atoms with Crippen LogP contribution < -0.4 is 10.6 Å². The van der Waals surface area contributed by atoms with Gasteiger partial charge in [0, 0.05) is 20.1 Å². The number of anilines is 2. The second-order valence-corrected chi connectivity index (χ2v) is 7.14. The van der Waals surface area contributed by atoms with Crippen LogP contribution in [-0.2, 0) is 7.05 Å². The highest BCUT2D eigenvalue weighted by molar-refractivity contribution is 5.78. The fraction of sp³-hybridized carbons (Fsp3) is 0.400. The molecule has 9 nitrogen and oxygen atoms in total. The second kappa shape index (κ2) is 8.97. The monoisotopic (exact) mass is 397 g/mol. The highest BCUT2D eigenvalue weighted by Crippen LogP contribution is 2.31. The highest BCUT2D eigenvalue weighted by Gasteiger charge is 2.13. The zero-order valence-corrected chi connectivity index (χ0v) is 17.1. The lowest BCUT2D eigenvalue weighted by molar-refractivity contribution is 0.208. The summed E-state index contributed by atoms with van der Waals surface area (Å²) in [4.78, 5) is 9.04. The van der Waals surface area contributed by atoms with Gasteiger partial charge in [0.05, 0.1) is 23.2 Å². The van der Waals surface area contributed by atoms with Crippen molar-refractivity contribution in [2.75, 3.05) is 23.7 Å².